The predicted molar refractivity (Wildman–Crippen MR) is 93.2 cm³/mol. The second-order valence-electron chi connectivity index (χ2n) is 7.39. The summed E-state index contributed by atoms with van der Waals surface area (Å²) < 4.78 is 0. The van der Waals surface area contributed by atoms with Crippen LogP contribution in [-0.4, -0.2) is 26.2 Å². The zero-order valence-electron chi connectivity index (χ0n) is 14.5. The molecule has 1 aromatic rings. The average Bonchev–Trinajstić information content (AvgIpc) is 2.85. The van der Waals surface area contributed by atoms with Gasteiger partial charge in [0.1, 0.15) is 0 Å². The predicted octanol–water partition coefficient (Wildman–Crippen LogP) is 4.30. The smallest absolute Gasteiger partial charge is 0.0393 e. The summed E-state index contributed by atoms with van der Waals surface area (Å²) in [7, 11) is 2.26. The van der Waals surface area contributed by atoms with Crippen molar-refractivity contribution in [2.45, 2.75) is 59.4 Å². The van der Waals surface area contributed by atoms with Crippen LogP contribution in [0.3, 0.4) is 0 Å². The summed E-state index contributed by atoms with van der Waals surface area (Å²) in [5.74, 6) is 0. The topological polar surface area (TPSA) is 15.3 Å². The Hall–Kier alpha value is -1.02. The summed E-state index contributed by atoms with van der Waals surface area (Å²) in [5, 5.41) is 3.68. The number of hydrogen-bond acceptors (Lipinski definition) is 2. The quantitative estimate of drug-likeness (QED) is 0.839. The van der Waals surface area contributed by atoms with Gasteiger partial charge in [-0.2, -0.15) is 0 Å². The molecule has 1 aliphatic carbocycles. The average molecular weight is 288 g/mol. The Bertz CT molecular complexity index is 459. The van der Waals surface area contributed by atoms with E-state index in [2.05, 4.69) is 63.2 Å². The number of benzene rings is 1. The van der Waals surface area contributed by atoms with Crippen LogP contribution >= 0.6 is 0 Å². The first kappa shape index (κ1) is 16.4. The van der Waals surface area contributed by atoms with Crippen LogP contribution < -0.4 is 10.2 Å². The largest absolute Gasteiger partial charge is 0.374 e. The van der Waals surface area contributed by atoms with E-state index in [9.17, 15) is 0 Å². The maximum Gasteiger partial charge on any atom is 0.0393 e. The highest BCUT2D eigenvalue weighted by atomic mass is 15.1. The van der Waals surface area contributed by atoms with Crippen molar-refractivity contribution in [3.8, 4) is 0 Å². The van der Waals surface area contributed by atoms with Crippen LogP contribution in [0.5, 0.6) is 0 Å². The number of rotatable bonds is 6. The molecule has 2 rings (SSSR count). The van der Waals surface area contributed by atoms with Crippen LogP contribution in [0, 0.1) is 19.3 Å². The fourth-order valence-corrected chi connectivity index (χ4v) is 3.76. The van der Waals surface area contributed by atoms with Gasteiger partial charge < -0.3 is 10.2 Å². The Morgan fingerprint density at radius 1 is 1.19 bits per heavy atom. The maximum absolute atomic E-state index is 3.68. The monoisotopic (exact) mass is 288 g/mol. The summed E-state index contributed by atoms with van der Waals surface area (Å²) in [4.78, 5) is 2.47. The Morgan fingerprint density at radius 3 is 2.43 bits per heavy atom. The molecule has 0 aliphatic heterocycles. The van der Waals surface area contributed by atoms with Crippen molar-refractivity contribution in [3.05, 3.63) is 29.3 Å². The van der Waals surface area contributed by atoms with Crippen molar-refractivity contribution in [2.24, 2.45) is 5.41 Å². The zero-order chi connectivity index (χ0) is 15.5. The van der Waals surface area contributed by atoms with Crippen molar-refractivity contribution >= 4 is 5.69 Å². The molecule has 0 aromatic heterocycles. The SMILES string of the molecule is Cc1ccc(N(C)CC2(CNC(C)C)CCCC2)c(C)c1. The van der Waals surface area contributed by atoms with Crippen LogP contribution in [0.4, 0.5) is 5.69 Å². The van der Waals surface area contributed by atoms with Gasteiger partial charge in [-0.25, -0.2) is 0 Å². The second-order valence-corrected chi connectivity index (χ2v) is 7.39. The Balaban J connectivity index is 2.09. The Kier molecular flexibility index (Phi) is 5.32. The van der Waals surface area contributed by atoms with Gasteiger partial charge in [-0.3, -0.25) is 0 Å². The zero-order valence-corrected chi connectivity index (χ0v) is 14.5. The lowest BCUT2D eigenvalue weighted by atomic mass is 9.85. The van der Waals surface area contributed by atoms with Crippen molar-refractivity contribution < 1.29 is 0 Å². The van der Waals surface area contributed by atoms with Crippen LogP contribution in [-0.2, 0) is 0 Å². The van der Waals surface area contributed by atoms with Crippen molar-refractivity contribution in [2.75, 3.05) is 25.0 Å². The summed E-state index contributed by atoms with van der Waals surface area (Å²) >= 11 is 0. The van der Waals surface area contributed by atoms with E-state index in [0.717, 1.165) is 13.1 Å². The molecule has 1 aromatic carbocycles. The van der Waals surface area contributed by atoms with Gasteiger partial charge in [-0.05, 0) is 38.3 Å². The highest BCUT2D eigenvalue weighted by Crippen LogP contribution is 2.39. The van der Waals surface area contributed by atoms with E-state index in [-0.39, 0.29) is 0 Å². The first-order valence-corrected chi connectivity index (χ1v) is 8.44. The van der Waals surface area contributed by atoms with Crippen LogP contribution in [0.2, 0.25) is 0 Å². The van der Waals surface area contributed by atoms with Gasteiger partial charge in [0.25, 0.3) is 0 Å². The molecule has 0 unspecified atom stereocenters. The molecule has 118 valence electrons. The van der Waals surface area contributed by atoms with Crippen molar-refractivity contribution in [3.63, 3.8) is 0 Å². The van der Waals surface area contributed by atoms with Gasteiger partial charge in [0.05, 0.1) is 0 Å². The Labute approximate surface area is 130 Å². The number of anilines is 1. The number of nitrogens with one attached hydrogen (secondary N) is 1. The molecule has 0 spiro atoms. The van der Waals surface area contributed by atoms with Gasteiger partial charge in [-0.1, -0.05) is 44.4 Å². The van der Waals surface area contributed by atoms with Crippen LogP contribution in [0.25, 0.3) is 0 Å². The van der Waals surface area contributed by atoms with E-state index in [0.29, 0.717) is 11.5 Å². The van der Waals surface area contributed by atoms with Crippen LogP contribution in [0.1, 0.15) is 50.7 Å². The van der Waals surface area contributed by atoms with Gasteiger partial charge in [-0.15, -0.1) is 0 Å². The third kappa shape index (κ3) is 4.23. The standard InChI is InChI=1S/C19H32N2/c1-15(2)20-13-19(10-6-7-11-19)14-21(5)18-9-8-16(3)12-17(18)4/h8-9,12,15,20H,6-7,10-11,13-14H2,1-5H3. The van der Waals surface area contributed by atoms with Crippen molar-refractivity contribution in [1.82, 2.24) is 5.32 Å². The third-order valence-electron chi connectivity index (χ3n) is 4.89. The molecule has 21 heavy (non-hydrogen) atoms. The van der Waals surface area contributed by atoms with Gasteiger partial charge >= 0.3 is 0 Å². The fourth-order valence-electron chi connectivity index (χ4n) is 3.76. The molecule has 2 nitrogen and oxygen atoms in total. The van der Waals surface area contributed by atoms with E-state index >= 15 is 0 Å². The van der Waals surface area contributed by atoms with E-state index in [1.165, 1.54) is 42.5 Å². The molecule has 1 fully saturated rings. The molecular weight excluding hydrogens is 256 g/mol. The van der Waals surface area contributed by atoms with E-state index in [4.69, 9.17) is 0 Å². The first-order chi connectivity index (χ1) is 9.92. The van der Waals surface area contributed by atoms with Gasteiger partial charge in [0.2, 0.25) is 0 Å². The third-order valence-corrected chi connectivity index (χ3v) is 4.89. The summed E-state index contributed by atoms with van der Waals surface area (Å²) in [6.07, 6.45) is 5.50. The minimum absolute atomic E-state index is 0.455. The summed E-state index contributed by atoms with van der Waals surface area (Å²) in [5.41, 5.74) is 4.58. The molecule has 0 atom stereocenters. The van der Waals surface area contributed by atoms with Gasteiger partial charge in [0, 0.05) is 37.3 Å². The Morgan fingerprint density at radius 2 is 1.86 bits per heavy atom. The van der Waals surface area contributed by atoms with E-state index < -0.39 is 0 Å². The fraction of sp³-hybridized carbons (Fsp3) is 0.684. The molecule has 1 N–H and O–H groups in total. The molecule has 0 amide bonds. The van der Waals surface area contributed by atoms with E-state index in [1.54, 1.807) is 0 Å². The molecular formula is C19H32N2. The summed E-state index contributed by atoms with van der Waals surface area (Å²) in [6, 6.07) is 7.38. The normalized spacial score (nSPS) is 17.4. The number of aryl methyl sites for hydroxylation is 2. The maximum atomic E-state index is 3.68. The highest BCUT2D eigenvalue weighted by molar-refractivity contribution is 5.54. The minimum Gasteiger partial charge on any atom is -0.374 e. The lowest BCUT2D eigenvalue weighted by molar-refractivity contribution is 0.278. The molecule has 0 bridgehead atoms. The molecule has 0 saturated heterocycles. The summed E-state index contributed by atoms with van der Waals surface area (Å²) in [6.45, 7) is 11.2. The minimum atomic E-state index is 0.455. The van der Waals surface area contributed by atoms with Crippen LogP contribution in [0.15, 0.2) is 18.2 Å². The highest BCUT2D eigenvalue weighted by Gasteiger charge is 2.35. The molecule has 0 radical (unpaired) electrons. The lowest BCUT2D eigenvalue weighted by Crippen LogP contribution is -2.43. The second kappa shape index (κ2) is 6.83. The van der Waals surface area contributed by atoms with Gasteiger partial charge in [0.15, 0.2) is 0 Å². The molecule has 1 saturated carbocycles. The number of hydrogen-bond donors (Lipinski definition) is 1. The lowest BCUT2D eigenvalue weighted by Gasteiger charge is -2.36. The first-order valence-electron chi connectivity index (χ1n) is 8.44. The number of nitrogens with zero attached hydrogens (tertiary/aromatic N) is 1. The molecule has 0 heterocycles. The van der Waals surface area contributed by atoms with Crippen molar-refractivity contribution in [1.29, 1.82) is 0 Å². The van der Waals surface area contributed by atoms with E-state index in [1.807, 2.05) is 0 Å². The molecule has 1 aliphatic rings. The molecule has 2 heteroatoms.